The predicted octanol–water partition coefficient (Wildman–Crippen LogP) is 3.59. The topological polar surface area (TPSA) is 92.6 Å². The van der Waals surface area contributed by atoms with Gasteiger partial charge < -0.3 is 24.2 Å². The van der Waals surface area contributed by atoms with Gasteiger partial charge in [0.05, 0.1) is 6.61 Å². The van der Waals surface area contributed by atoms with Crippen LogP contribution in [0, 0.1) is 0 Å². The standard InChI is InChI=1S/C24H27N3O5/c1-2-30-23(29)27-11-9-24(10-12-27)25-18(16-7-8-21-22(13-16)32-15-31-21)14-19(26-24)17-5-3-4-6-20(17)28/h3-8,13,19,26,28H,2,9-12,14-15H2,1H3. The highest BCUT2D eigenvalue weighted by atomic mass is 16.7. The average Bonchev–Trinajstić information content (AvgIpc) is 3.28. The molecule has 0 saturated carbocycles. The Hall–Kier alpha value is -3.26. The van der Waals surface area contributed by atoms with E-state index in [4.69, 9.17) is 19.2 Å². The summed E-state index contributed by atoms with van der Waals surface area (Å²) in [5.74, 6) is 1.71. The Kier molecular flexibility index (Phi) is 5.38. The molecule has 168 valence electrons. The molecule has 32 heavy (non-hydrogen) atoms. The van der Waals surface area contributed by atoms with E-state index in [1.54, 1.807) is 11.0 Å². The van der Waals surface area contributed by atoms with E-state index in [1.807, 2.05) is 43.3 Å². The Bertz CT molecular complexity index is 1050. The first-order valence-electron chi connectivity index (χ1n) is 11.0. The molecule has 8 nitrogen and oxygen atoms in total. The molecule has 0 aromatic heterocycles. The van der Waals surface area contributed by atoms with Crippen molar-refractivity contribution in [1.29, 1.82) is 0 Å². The molecule has 1 atom stereocenters. The van der Waals surface area contributed by atoms with Gasteiger partial charge in [0.1, 0.15) is 11.4 Å². The third-order valence-electron chi connectivity index (χ3n) is 6.32. The Morgan fingerprint density at radius 2 is 2.00 bits per heavy atom. The summed E-state index contributed by atoms with van der Waals surface area (Å²) in [4.78, 5) is 19.1. The van der Waals surface area contributed by atoms with Crippen LogP contribution in [0.4, 0.5) is 4.79 Å². The molecule has 1 fully saturated rings. The predicted molar refractivity (Wildman–Crippen MR) is 118 cm³/mol. The van der Waals surface area contributed by atoms with Crippen LogP contribution in [0.1, 0.15) is 43.4 Å². The molecular formula is C24H27N3O5. The molecule has 1 unspecified atom stereocenters. The summed E-state index contributed by atoms with van der Waals surface area (Å²) in [5.41, 5.74) is 2.23. The zero-order valence-electron chi connectivity index (χ0n) is 18.0. The number of nitrogens with one attached hydrogen (secondary N) is 1. The number of rotatable bonds is 3. The number of nitrogens with zero attached hydrogens (tertiary/aromatic N) is 2. The summed E-state index contributed by atoms with van der Waals surface area (Å²) in [6.07, 6.45) is 1.66. The van der Waals surface area contributed by atoms with Crippen molar-refractivity contribution >= 4 is 11.8 Å². The number of phenolic OH excluding ortho intramolecular Hbond substituents is 1. The van der Waals surface area contributed by atoms with Gasteiger partial charge in [0, 0.05) is 49.7 Å². The van der Waals surface area contributed by atoms with Crippen molar-refractivity contribution in [3.05, 3.63) is 53.6 Å². The first-order valence-corrected chi connectivity index (χ1v) is 11.0. The molecule has 0 bridgehead atoms. The SMILES string of the molecule is CCOC(=O)N1CCC2(CC1)N=C(c1ccc3c(c1)OCO3)CC(c1ccccc1O)N2. The molecule has 3 heterocycles. The summed E-state index contributed by atoms with van der Waals surface area (Å²) in [5, 5.41) is 14.2. The van der Waals surface area contributed by atoms with Crippen molar-refractivity contribution in [2.75, 3.05) is 26.5 Å². The molecule has 2 aromatic rings. The molecule has 1 spiro atoms. The number of piperidine rings is 1. The number of ether oxygens (including phenoxy) is 3. The van der Waals surface area contributed by atoms with E-state index in [1.165, 1.54) is 0 Å². The minimum atomic E-state index is -0.528. The minimum absolute atomic E-state index is 0.108. The van der Waals surface area contributed by atoms with E-state index >= 15 is 0 Å². The first kappa shape index (κ1) is 20.6. The summed E-state index contributed by atoms with van der Waals surface area (Å²) < 4.78 is 16.2. The van der Waals surface area contributed by atoms with Gasteiger partial charge in [-0.05, 0) is 36.8 Å². The van der Waals surface area contributed by atoms with Gasteiger partial charge in [0.25, 0.3) is 0 Å². The third kappa shape index (κ3) is 3.86. The number of carbonyl (C=O) groups is 1. The molecular weight excluding hydrogens is 410 g/mol. The number of fused-ring (bicyclic) bond motifs is 1. The molecule has 0 aliphatic carbocycles. The number of hydrogen-bond acceptors (Lipinski definition) is 7. The zero-order valence-corrected chi connectivity index (χ0v) is 18.0. The van der Waals surface area contributed by atoms with Crippen molar-refractivity contribution in [3.63, 3.8) is 0 Å². The van der Waals surface area contributed by atoms with Crippen molar-refractivity contribution in [3.8, 4) is 17.2 Å². The van der Waals surface area contributed by atoms with Crippen LogP contribution in [-0.4, -0.2) is 54.0 Å². The van der Waals surface area contributed by atoms with Gasteiger partial charge in [-0.15, -0.1) is 0 Å². The maximum atomic E-state index is 12.2. The van der Waals surface area contributed by atoms with Gasteiger partial charge in [-0.2, -0.15) is 0 Å². The van der Waals surface area contributed by atoms with Crippen LogP contribution in [0.2, 0.25) is 0 Å². The number of aliphatic imine (C=N–C) groups is 1. The Morgan fingerprint density at radius 1 is 1.22 bits per heavy atom. The van der Waals surface area contributed by atoms with Crippen molar-refractivity contribution in [2.45, 2.75) is 37.9 Å². The lowest BCUT2D eigenvalue weighted by molar-refractivity contribution is 0.0778. The first-order chi connectivity index (χ1) is 15.6. The van der Waals surface area contributed by atoms with E-state index in [0.717, 1.165) is 22.6 Å². The van der Waals surface area contributed by atoms with Crippen LogP contribution in [-0.2, 0) is 4.74 Å². The van der Waals surface area contributed by atoms with Crippen molar-refractivity contribution in [2.24, 2.45) is 4.99 Å². The third-order valence-corrected chi connectivity index (χ3v) is 6.32. The van der Waals surface area contributed by atoms with Gasteiger partial charge in [-0.1, -0.05) is 18.2 Å². The van der Waals surface area contributed by atoms with Crippen LogP contribution in [0.5, 0.6) is 17.2 Å². The van der Waals surface area contributed by atoms with Gasteiger partial charge in [0.2, 0.25) is 6.79 Å². The fraction of sp³-hybridized carbons (Fsp3) is 0.417. The molecule has 8 heteroatoms. The summed E-state index contributed by atoms with van der Waals surface area (Å²) in [6, 6.07) is 13.2. The van der Waals surface area contributed by atoms with Gasteiger partial charge in [0.15, 0.2) is 11.5 Å². The normalized spacial score (nSPS) is 21.3. The lowest BCUT2D eigenvalue weighted by Gasteiger charge is -2.45. The zero-order chi connectivity index (χ0) is 22.1. The number of benzene rings is 2. The van der Waals surface area contributed by atoms with Gasteiger partial charge in [-0.3, -0.25) is 10.3 Å². The second-order valence-corrected chi connectivity index (χ2v) is 8.30. The number of likely N-dealkylation sites (tertiary alicyclic amines) is 1. The van der Waals surface area contributed by atoms with E-state index < -0.39 is 5.66 Å². The number of phenols is 1. The van der Waals surface area contributed by atoms with E-state index in [0.29, 0.717) is 44.7 Å². The Morgan fingerprint density at radius 3 is 2.78 bits per heavy atom. The fourth-order valence-electron chi connectivity index (χ4n) is 4.66. The number of amides is 1. The lowest BCUT2D eigenvalue weighted by atomic mass is 9.87. The molecule has 2 aromatic carbocycles. The molecule has 3 aliphatic heterocycles. The highest BCUT2D eigenvalue weighted by molar-refractivity contribution is 6.02. The fourth-order valence-corrected chi connectivity index (χ4v) is 4.66. The summed E-state index contributed by atoms with van der Waals surface area (Å²) in [6.45, 7) is 3.50. The lowest BCUT2D eigenvalue weighted by Crippen LogP contribution is -2.56. The smallest absolute Gasteiger partial charge is 0.409 e. The second-order valence-electron chi connectivity index (χ2n) is 8.30. The number of hydrogen-bond donors (Lipinski definition) is 2. The van der Waals surface area contributed by atoms with E-state index in [2.05, 4.69) is 5.32 Å². The quantitative estimate of drug-likeness (QED) is 0.762. The summed E-state index contributed by atoms with van der Waals surface area (Å²) >= 11 is 0. The van der Waals surface area contributed by atoms with Crippen molar-refractivity contribution < 1.29 is 24.1 Å². The van der Waals surface area contributed by atoms with Crippen LogP contribution in [0.25, 0.3) is 0 Å². The molecule has 5 rings (SSSR count). The van der Waals surface area contributed by atoms with Crippen LogP contribution < -0.4 is 14.8 Å². The van der Waals surface area contributed by atoms with E-state index in [9.17, 15) is 9.90 Å². The summed E-state index contributed by atoms with van der Waals surface area (Å²) in [7, 11) is 0. The largest absolute Gasteiger partial charge is 0.508 e. The van der Waals surface area contributed by atoms with Crippen molar-refractivity contribution in [1.82, 2.24) is 10.2 Å². The maximum absolute atomic E-state index is 12.2. The molecule has 0 radical (unpaired) electrons. The number of aromatic hydroxyl groups is 1. The van der Waals surface area contributed by atoms with Gasteiger partial charge >= 0.3 is 6.09 Å². The molecule has 1 amide bonds. The van der Waals surface area contributed by atoms with Crippen LogP contribution in [0.3, 0.4) is 0 Å². The van der Waals surface area contributed by atoms with Crippen LogP contribution in [0.15, 0.2) is 47.5 Å². The molecule has 2 N–H and O–H groups in total. The highest BCUT2D eigenvalue weighted by Gasteiger charge is 2.41. The van der Waals surface area contributed by atoms with E-state index in [-0.39, 0.29) is 24.7 Å². The van der Waals surface area contributed by atoms with Crippen LogP contribution >= 0.6 is 0 Å². The minimum Gasteiger partial charge on any atom is -0.508 e. The highest BCUT2D eigenvalue weighted by Crippen LogP contribution is 2.39. The Labute approximate surface area is 186 Å². The molecule has 3 aliphatic rings. The maximum Gasteiger partial charge on any atom is 0.409 e. The number of para-hydroxylation sites is 1. The second kappa shape index (κ2) is 8.35. The average molecular weight is 437 g/mol. The Balaban J connectivity index is 1.47. The monoisotopic (exact) mass is 437 g/mol. The van der Waals surface area contributed by atoms with Gasteiger partial charge in [-0.25, -0.2) is 4.79 Å². The molecule has 1 saturated heterocycles. The number of carbonyl (C=O) groups excluding carboxylic acids is 1.